The van der Waals surface area contributed by atoms with Gasteiger partial charge in [-0.2, -0.15) is 0 Å². The lowest BCUT2D eigenvalue weighted by molar-refractivity contribution is -0.124. The van der Waals surface area contributed by atoms with E-state index in [0.29, 0.717) is 24.8 Å². The minimum atomic E-state index is 0.0678. The zero-order valence-corrected chi connectivity index (χ0v) is 13.7. The summed E-state index contributed by atoms with van der Waals surface area (Å²) >= 11 is 6.16. The molecule has 1 saturated carbocycles. The molecule has 0 radical (unpaired) electrons. The number of hydrogen-bond acceptors (Lipinski definition) is 2. The van der Waals surface area contributed by atoms with Gasteiger partial charge in [0.05, 0.1) is 0 Å². The molecule has 1 aliphatic carbocycles. The summed E-state index contributed by atoms with van der Waals surface area (Å²) in [5.74, 6) is 1.45. The van der Waals surface area contributed by atoms with Crippen molar-refractivity contribution in [3.05, 3.63) is 34.9 Å². The number of rotatable bonds is 3. The van der Waals surface area contributed by atoms with Crippen LogP contribution in [0.25, 0.3) is 0 Å². The van der Waals surface area contributed by atoms with Gasteiger partial charge in [-0.25, -0.2) is 0 Å². The molecule has 1 aromatic carbocycles. The largest absolute Gasteiger partial charge is 0.356 e. The third-order valence-corrected chi connectivity index (χ3v) is 6.00. The van der Waals surface area contributed by atoms with Crippen molar-refractivity contribution >= 4 is 17.5 Å². The maximum Gasteiger partial charge on any atom is 0.220 e. The number of benzene rings is 1. The minimum Gasteiger partial charge on any atom is -0.356 e. The van der Waals surface area contributed by atoms with Crippen LogP contribution >= 0.6 is 11.6 Å². The van der Waals surface area contributed by atoms with E-state index in [4.69, 9.17) is 17.3 Å². The lowest BCUT2D eigenvalue weighted by atomic mass is 9.63. The van der Waals surface area contributed by atoms with Crippen LogP contribution in [0.2, 0.25) is 5.02 Å². The summed E-state index contributed by atoms with van der Waals surface area (Å²) < 4.78 is 0. The molecule has 1 aliphatic heterocycles. The molecule has 1 aromatic rings. The van der Waals surface area contributed by atoms with Crippen molar-refractivity contribution in [1.29, 1.82) is 0 Å². The Morgan fingerprint density at radius 2 is 2.00 bits per heavy atom. The van der Waals surface area contributed by atoms with E-state index in [1.54, 1.807) is 0 Å². The topological polar surface area (TPSA) is 55.1 Å². The van der Waals surface area contributed by atoms with Crippen LogP contribution in [0.15, 0.2) is 24.3 Å². The number of halogens is 1. The average Bonchev–Trinajstić information content (AvgIpc) is 2.55. The van der Waals surface area contributed by atoms with Gasteiger partial charge in [-0.05, 0) is 61.6 Å². The zero-order valence-electron chi connectivity index (χ0n) is 13.0. The number of amides is 1. The lowest BCUT2D eigenvalue weighted by Crippen LogP contribution is -2.42. The summed E-state index contributed by atoms with van der Waals surface area (Å²) in [5.41, 5.74) is 7.51. The molecule has 22 heavy (non-hydrogen) atoms. The molecule has 1 amide bonds. The van der Waals surface area contributed by atoms with E-state index in [1.807, 2.05) is 12.1 Å². The lowest BCUT2D eigenvalue weighted by Gasteiger charge is -2.43. The smallest absolute Gasteiger partial charge is 0.220 e. The molecule has 4 heteroatoms. The average molecular weight is 321 g/mol. The molecule has 3 N–H and O–H groups in total. The summed E-state index contributed by atoms with van der Waals surface area (Å²) in [7, 11) is 0. The molecule has 0 spiro atoms. The number of hydrogen-bond donors (Lipinski definition) is 2. The van der Waals surface area contributed by atoms with Crippen molar-refractivity contribution in [2.24, 2.45) is 17.6 Å². The molecule has 3 nitrogen and oxygen atoms in total. The fourth-order valence-corrected chi connectivity index (χ4v) is 4.50. The molecule has 1 heterocycles. The fraction of sp³-hybridized carbons (Fsp3) is 0.611. The second-order valence-electron chi connectivity index (χ2n) is 6.94. The van der Waals surface area contributed by atoms with Gasteiger partial charge in [0.15, 0.2) is 0 Å². The van der Waals surface area contributed by atoms with E-state index < -0.39 is 0 Å². The van der Waals surface area contributed by atoms with Gasteiger partial charge < -0.3 is 11.1 Å². The Morgan fingerprint density at radius 3 is 2.64 bits per heavy atom. The highest BCUT2D eigenvalue weighted by Crippen LogP contribution is 2.45. The van der Waals surface area contributed by atoms with Crippen LogP contribution in [0, 0.1) is 11.8 Å². The van der Waals surface area contributed by atoms with Crippen molar-refractivity contribution < 1.29 is 4.79 Å². The van der Waals surface area contributed by atoms with E-state index in [0.717, 1.165) is 30.8 Å². The van der Waals surface area contributed by atoms with E-state index in [2.05, 4.69) is 17.4 Å². The molecule has 3 rings (SSSR count). The first-order valence-corrected chi connectivity index (χ1v) is 8.73. The molecular weight excluding hydrogens is 296 g/mol. The fourth-order valence-electron chi connectivity index (χ4n) is 4.30. The second-order valence-corrected chi connectivity index (χ2v) is 7.37. The van der Waals surface area contributed by atoms with Gasteiger partial charge in [-0.1, -0.05) is 23.7 Å². The van der Waals surface area contributed by atoms with Gasteiger partial charge in [-0.3, -0.25) is 4.79 Å². The standard InChI is InChI=1S/C18H25ClN2O/c19-16-3-1-2-15(11-16)18(12-20)7-4-13(5-8-18)14-6-9-21-17(22)10-14/h1-3,11,13-14H,4-10,12,20H2,(H,21,22). The SMILES string of the molecule is NCC1(c2cccc(Cl)c2)CCC(C2CCNC(=O)C2)CC1. The third-order valence-electron chi connectivity index (χ3n) is 5.77. The van der Waals surface area contributed by atoms with Crippen LogP contribution in [0.5, 0.6) is 0 Å². The molecule has 0 aromatic heterocycles. The van der Waals surface area contributed by atoms with Crippen LogP contribution in [0.1, 0.15) is 44.1 Å². The molecule has 2 aliphatic rings. The number of nitrogens with one attached hydrogen (secondary N) is 1. The van der Waals surface area contributed by atoms with Crippen molar-refractivity contribution in [2.45, 2.75) is 43.9 Å². The number of carbonyl (C=O) groups excluding carboxylic acids is 1. The molecule has 1 saturated heterocycles. The number of nitrogens with two attached hydrogens (primary N) is 1. The highest BCUT2D eigenvalue weighted by atomic mass is 35.5. The summed E-state index contributed by atoms with van der Waals surface area (Å²) in [6.45, 7) is 1.52. The maximum atomic E-state index is 11.6. The van der Waals surface area contributed by atoms with Crippen molar-refractivity contribution in [3.63, 3.8) is 0 Å². The van der Waals surface area contributed by atoms with Gasteiger partial charge in [0.1, 0.15) is 0 Å². The van der Waals surface area contributed by atoms with Crippen LogP contribution in [0.3, 0.4) is 0 Å². The van der Waals surface area contributed by atoms with E-state index >= 15 is 0 Å². The summed E-state index contributed by atoms with van der Waals surface area (Å²) in [6.07, 6.45) is 6.38. The molecule has 1 atom stereocenters. The van der Waals surface area contributed by atoms with Gasteiger partial charge in [0, 0.05) is 29.9 Å². The molecule has 2 fully saturated rings. The van der Waals surface area contributed by atoms with Crippen molar-refractivity contribution in [3.8, 4) is 0 Å². The second kappa shape index (κ2) is 6.59. The molecule has 0 bridgehead atoms. The maximum absolute atomic E-state index is 11.6. The zero-order chi connectivity index (χ0) is 15.6. The van der Waals surface area contributed by atoms with Crippen LogP contribution in [0.4, 0.5) is 0 Å². The van der Waals surface area contributed by atoms with Crippen LogP contribution in [-0.2, 0) is 10.2 Å². The van der Waals surface area contributed by atoms with Gasteiger partial charge in [-0.15, -0.1) is 0 Å². The Labute approximate surface area is 137 Å². The third kappa shape index (κ3) is 3.16. The Balaban J connectivity index is 1.70. The molecular formula is C18H25ClN2O. The Morgan fingerprint density at radius 1 is 1.23 bits per heavy atom. The van der Waals surface area contributed by atoms with Crippen LogP contribution in [-0.4, -0.2) is 19.0 Å². The highest BCUT2D eigenvalue weighted by molar-refractivity contribution is 6.30. The highest BCUT2D eigenvalue weighted by Gasteiger charge is 2.38. The van der Waals surface area contributed by atoms with Gasteiger partial charge in [0.2, 0.25) is 5.91 Å². The van der Waals surface area contributed by atoms with Gasteiger partial charge >= 0.3 is 0 Å². The van der Waals surface area contributed by atoms with E-state index in [-0.39, 0.29) is 11.3 Å². The predicted octanol–water partition coefficient (Wildman–Crippen LogP) is 3.25. The Kier molecular flexibility index (Phi) is 4.74. The Hall–Kier alpha value is -1.06. The van der Waals surface area contributed by atoms with Crippen LogP contribution < -0.4 is 11.1 Å². The van der Waals surface area contributed by atoms with Crippen molar-refractivity contribution in [2.75, 3.05) is 13.1 Å². The number of carbonyl (C=O) groups is 1. The summed E-state index contributed by atoms with van der Waals surface area (Å²) in [6, 6.07) is 8.17. The molecule has 120 valence electrons. The summed E-state index contributed by atoms with van der Waals surface area (Å²) in [4.78, 5) is 11.6. The first kappa shape index (κ1) is 15.8. The Bertz CT molecular complexity index is 538. The normalized spacial score (nSPS) is 32.5. The van der Waals surface area contributed by atoms with Crippen molar-refractivity contribution in [1.82, 2.24) is 5.32 Å². The monoisotopic (exact) mass is 320 g/mol. The summed E-state index contributed by atoms with van der Waals surface area (Å²) in [5, 5.41) is 3.73. The minimum absolute atomic E-state index is 0.0678. The quantitative estimate of drug-likeness (QED) is 0.898. The predicted molar refractivity (Wildman–Crippen MR) is 89.9 cm³/mol. The first-order chi connectivity index (χ1) is 10.6. The molecule has 1 unspecified atom stereocenters. The first-order valence-electron chi connectivity index (χ1n) is 8.36. The van der Waals surface area contributed by atoms with E-state index in [1.165, 1.54) is 18.4 Å². The number of piperidine rings is 1. The van der Waals surface area contributed by atoms with E-state index in [9.17, 15) is 4.79 Å². The van der Waals surface area contributed by atoms with Gasteiger partial charge in [0.25, 0.3) is 0 Å².